The summed E-state index contributed by atoms with van der Waals surface area (Å²) in [5, 5.41) is 12.9. The predicted octanol–water partition coefficient (Wildman–Crippen LogP) is 3.20. The van der Waals surface area contributed by atoms with Gasteiger partial charge in [-0.1, -0.05) is 34.6 Å². The number of aliphatic hydroxyl groups is 1. The Labute approximate surface area is 107 Å². The van der Waals surface area contributed by atoms with Gasteiger partial charge in [0.1, 0.15) is 0 Å². The molecule has 0 aromatic heterocycles. The first-order chi connectivity index (χ1) is 7.74. The quantitative estimate of drug-likeness (QED) is 0.792. The van der Waals surface area contributed by atoms with Gasteiger partial charge in [-0.3, -0.25) is 0 Å². The average molecular weight is 241 g/mol. The van der Waals surface area contributed by atoms with Crippen molar-refractivity contribution < 1.29 is 5.11 Å². The minimum Gasteiger partial charge on any atom is -0.396 e. The van der Waals surface area contributed by atoms with E-state index in [1.54, 1.807) is 0 Å². The highest BCUT2D eigenvalue weighted by molar-refractivity contribution is 4.84. The van der Waals surface area contributed by atoms with Gasteiger partial charge in [0.25, 0.3) is 0 Å². The van der Waals surface area contributed by atoms with Crippen LogP contribution in [-0.2, 0) is 0 Å². The summed E-state index contributed by atoms with van der Waals surface area (Å²) in [4.78, 5) is 0. The molecular weight excluding hydrogens is 210 g/mol. The SMILES string of the molecule is CC(C)(CO)CNC1CCC(C(C)(C)C)CC1. The zero-order chi connectivity index (χ0) is 13.1. The van der Waals surface area contributed by atoms with Gasteiger partial charge in [-0.05, 0) is 37.0 Å². The van der Waals surface area contributed by atoms with Crippen molar-refractivity contribution in [3.63, 3.8) is 0 Å². The van der Waals surface area contributed by atoms with Gasteiger partial charge in [0.05, 0.1) is 0 Å². The second-order valence-electron chi connectivity index (χ2n) is 7.62. The van der Waals surface area contributed by atoms with Crippen molar-refractivity contribution in [1.29, 1.82) is 0 Å². The second-order valence-corrected chi connectivity index (χ2v) is 7.62. The average Bonchev–Trinajstić information content (AvgIpc) is 2.26. The Morgan fingerprint density at radius 3 is 1.94 bits per heavy atom. The molecule has 0 saturated heterocycles. The maximum absolute atomic E-state index is 9.23. The highest BCUT2D eigenvalue weighted by Gasteiger charge is 2.30. The number of hydrogen-bond donors (Lipinski definition) is 2. The first-order valence-corrected chi connectivity index (χ1v) is 7.09. The summed E-state index contributed by atoms with van der Waals surface area (Å²) < 4.78 is 0. The van der Waals surface area contributed by atoms with E-state index < -0.39 is 0 Å². The maximum Gasteiger partial charge on any atom is 0.0494 e. The van der Waals surface area contributed by atoms with E-state index in [0.29, 0.717) is 11.5 Å². The van der Waals surface area contributed by atoms with Crippen LogP contribution in [0.3, 0.4) is 0 Å². The van der Waals surface area contributed by atoms with Crippen molar-refractivity contribution in [3.05, 3.63) is 0 Å². The molecule has 0 unspecified atom stereocenters. The topological polar surface area (TPSA) is 32.3 Å². The molecule has 1 aliphatic carbocycles. The number of aliphatic hydroxyl groups excluding tert-OH is 1. The van der Waals surface area contributed by atoms with Crippen molar-refractivity contribution in [3.8, 4) is 0 Å². The van der Waals surface area contributed by atoms with Crippen LogP contribution in [0, 0.1) is 16.7 Å². The van der Waals surface area contributed by atoms with Crippen molar-refractivity contribution in [2.75, 3.05) is 13.2 Å². The van der Waals surface area contributed by atoms with Crippen LogP contribution in [0.5, 0.6) is 0 Å². The standard InChI is InChI=1S/C15H31NO/c1-14(2,3)12-6-8-13(9-7-12)16-10-15(4,5)11-17/h12-13,16-17H,6-11H2,1-5H3. The van der Waals surface area contributed by atoms with E-state index in [9.17, 15) is 5.11 Å². The summed E-state index contributed by atoms with van der Waals surface area (Å²) in [5.41, 5.74) is 0.482. The lowest BCUT2D eigenvalue weighted by molar-refractivity contribution is 0.132. The number of rotatable bonds is 4. The summed E-state index contributed by atoms with van der Waals surface area (Å²) in [6, 6.07) is 0.666. The molecule has 2 N–H and O–H groups in total. The van der Waals surface area contributed by atoms with Gasteiger partial charge in [-0.25, -0.2) is 0 Å². The minimum absolute atomic E-state index is 0.0148. The molecule has 0 amide bonds. The third kappa shape index (κ3) is 4.97. The molecule has 17 heavy (non-hydrogen) atoms. The Bertz CT molecular complexity index is 222. The molecule has 1 rings (SSSR count). The van der Waals surface area contributed by atoms with Gasteiger partial charge in [-0.2, -0.15) is 0 Å². The molecule has 1 aliphatic rings. The maximum atomic E-state index is 9.23. The fourth-order valence-corrected chi connectivity index (χ4v) is 2.64. The van der Waals surface area contributed by atoms with E-state index in [1.807, 2.05) is 0 Å². The second kappa shape index (κ2) is 5.71. The third-order valence-corrected chi connectivity index (χ3v) is 4.25. The molecule has 0 aromatic carbocycles. The van der Waals surface area contributed by atoms with Gasteiger partial charge in [0.15, 0.2) is 0 Å². The van der Waals surface area contributed by atoms with Crippen LogP contribution >= 0.6 is 0 Å². The van der Waals surface area contributed by atoms with Crippen LogP contribution in [0.2, 0.25) is 0 Å². The van der Waals surface area contributed by atoms with E-state index in [0.717, 1.165) is 12.5 Å². The lowest BCUT2D eigenvalue weighted by atomic mass is 9.71. The molecular formula is C15H31NO. The summed E-state index contributed by atoms with van der Waals surface area (Å²) in [7, 11) is 0. The molecule has 0 radical (unpaired) electrons. The fourth-order valence-electron chi connectivity index (χ4n) is 2.64. The molecule has 1 saturated carbocycles. The van der Waals surface area contributed by atoms with Crippen LogP contribution in [-0.4, -0.2) is 24.3 Å². The Morgan fingerprint density at radius 1 is 1.00 bits per heavy atom. The van der Waals surface area contributed by atoms with Crippen molar-refractivity contribution in [1.82, 2.24) is 5.32 Å². The normalized spacial score (nSPS) is 27.2. The first kappa shape index (κ1) is 15.0. The van der Waals surface area contributed by atoms with E-state index in [1.165, 1.54) is 25.7 Å². The smallest absolute Gasteiger partial charge is 0.0494 e. The molecule has 0 aliphatic heterocycles. The Kier molecular flexibility index (Phi) is 5.03. The zero-order valence-corrected chi connectivity index (χ0v) is 12.3. The molecule has 0 bridgehead atoms. The van der Waals surface area contributed by atoms with E-state index in [-0.39, 0.29) is 12.0 Å². The molecule has 0 spiro atoms. The molecule has 2 heteroatoms. The molecule has 2 nitrogen and oxygen atoms in total. The monoisotopic (exact) mass is 241 g/mol. The Morgan fingerprint density at radius 2 is 1.53 bits per heavy atom. The Balaban J connectivity index is 2.29. The number of nitrogens with one attached hydrogen (secondary N) is 1. The van der Waals surface area contributed by atoms with E-state index in [4.69, 9.17) is 0 Å². The predicted molar refractivity (Wildman–Crippen MR) is 74.1 cm³/mol. The Hall–Kier alpha value is -0.0800. The molecule has 0 aromatic rings. The lowest BCUT2D eigenvalue weighted by Crippen LogP contribution is -2.41. The molecule has 102 valence electrons. The number of hydrogen-bond acceptors (Lipinski definition) is 2. The summed E-state index contributed by atoms with van der Waals surface area (Å²) in [6.07, 6.45) is 5.29. The lowest BCUT2D eigenvalue weighted by Gasteiger charge is -2.38. The summed E-state index contributed by atoms with van der Waals surface area (Å²) in [6.45, 7) is 12.5. The van der Waals surface area contributed by atoms with E-state index >= 15 is 0 Å². The minimum atomic E-state index is 0.0148. The van der Waals surface area contributed by atoms with Gasteiger partial charge >= 0.3 is 0 Å². The van der Waals surface area contributed by atoms with E-state index in [2.05, 4.69) is 39.9 Å². The first-order valence-electron chi connectivity index (χ1n) is 7.09. The highest BCUT2D eigenvalue weighted by Crippen LogP contribution is 2.37. The van der Waals surface area contributed by atoms with Crippen LogP contribution in [0.4, 0.5) is 0 Å². The van der Waals surface area contributed by atoms with Gasteiger partial charge in [0, 0.05) is 24.6 Å². The van der Waals surface area contributed by atoms with Crippen molar-refractivity contribution in [2.45, 2.75) is 66.3 Å². The van der Waals surface area contributed by atoms with Gasteiger partial charge in [-0.15, -0.1) is 0 Å². The van der Waals surface area contributed by atoms with Crippen LogP contribution in [0.15, 0.2) is 0 Å². The molecule has 1 fully saturated rings. The summed E-state index contributed by atoms with van der Waals surface area (Å²) >= 11 is 0. The highest BCUT2D eigenvalue weighted by atomic mass is 16.3. The van der Waals surface area contributed by atoms with Crippen LogP contribution in [0.1, 0.15) is 60.3 Å². The summed E-state index contributed by atoms with van der Waals surface area (Å²) in [5.74, 6) is 0.881. The largest absolute Gasteiger partial charge is 0.396 e. The van der Waals surface area contributed by atoms with Crippen LogP contribution < -0.4 is 5.32 Å². The van der Waals surface area contributed by atoms with Crippen molar-refractivity contribution in [2.24, 2.45) is 16.7 Å². The molecule has 0 atom stereocenters. The van der Waals surface area contributed by atoms with Crippen molar-refractivity contribution >= 4 is 0 Å². The fraction of sp³-hybridized carbons (Fsp3) is 1.00. The van der Waals surface area contributed by atoms with Crippen LogP contribution in [0.25, 0.3) is 0 Å². The third-order valence-electron chi connectivity index (χ3n) is 4.25. The van der Waals surface area contributed by atoms with Gasteiger partial charge < -0.3 is 10.4 Å². The zero-order valence-electron chi connectivity index (χ0n) is 12.3. The molecule has 0 heterocycles. The van der Waals surface area contributed by atoms with Gasteiger partial charge in [0.2, 0.25) is 0 Å².